The Labute approximate surface area is 64.4 Å². The van der Waals surface area contributed by atoms with Crippen LogP contribution in [0.25, 0.3) is 5.32 Å². The second-order valence-electron chi connectivity index (χ2n) is 0.856. The second kappa shape index (κ2) is 27.4. The van der Waals surface area contributed by atoms with Crippen LogP contribution in [0.4, 0.5) is 0 Å². The molecule has 0 N–H and O–H groups in total. The van der Waals surface area contributed by atoms with Crippen LogP contribution in [0.1, 0.15) is 13.8 Å². The Bertz CT molecular complexity index is 32.8. The van der Waals surface area contributed by atoms with Gasteiger partial charge in [-0.3, -0.25) is 0 Å². The van der Waals surface area contributed by atoms with Crippen molar-refractivity contribution in [3.63, 3.8) is 0 Å². The van der Waals surface area contributed by atoms with Gasteiger partial charge in [0.05, 0.1) is 0 Å². The molecule has 0 spiro atoms. The third kappa shape index (κ3) is 35.7. The molecule has 0 aromatic heterocycles. The molecule has 2 heteroatoms. The van der Waals surface area contributed by atoms with Crippen molar-refractivity contribution < 1.29 is 18.9 Å². The molecule has 0 aromatic carbocycles. The van der Waals surface area contributed by atoms with Crippen molar-refractivity contribution in [1.29, 1.82) is 0 Å². The average molecular weight is 105 g/mol. The molecule has 0 bridgehead atoms. The van der Waals surface area contributed by atoms with E-state index in [9.17, 15) is 0 Å². The molecule has 0 aromatic rings. The van der Waals surface area contributed by atoms with Crippen molar-refractivity contribution in [2.45, 2.75) is 13.8 Å². The summed E-state index contributed by atoms with van der Waals surface area (Å²) < 4.78 is 0. The molecule has 0 saturated heterocycles. The van der Waals surface area contributed by atoms with E-state index >= 15 is 0 Å². The molecule has 0 aliphatic rings. The largest absolute Gasteiger partial charge is 1.00 e. The number of rotatable bonds is 2. The molecule has 0 rings (SSSR count). The number of nitrogens with zero attached hydrogens (tertiary/aromatic N) is 1. The third-order valence-electron chi connectivity index (χ3n) is 0.447. The first-order chi connectivity index (χ1) is 3.41. The van der Waals surface area contributed by atoms with E-state index in [1.807, 2.05) is 13.8 Å². The van der Waals surface area contributed by atoms with Gasteiger partial charge >= 0.3 is 18.9 Å². The van der Waals surface area contributed by atoms with Crippen molar-refractivity contribution in [2.75, 3.05) is 13.1 Å². The van der Waals surface area contributed by atoms with Crippen molar-refractivity contribution in [3.05, 3.63) is 5.32 Å². The fourth-order valence-electron chi connectivity index (χ4n) is 0.224. The maximum absolute atomic E-state index is 4.00. The zero-order valence-electron chi connectivity index (χ0n) is 6.02. The third-order valence-corrected chi connectivity index (χ3v) is 0.447. The molecule has 0 heterocycles. The zero-order chi connectivity index (χ0) is 6.12. The van der Waals surface area contributed by atoms with E-state index < -0.39 is 0 Å². The molecule has 8 heavy (non-hydrogen) atoms. The van der Waals surface area contributed by atoms with Crippen molar-refractivity contribution >= 4 is 0 Å². The van der Waals surface area contributed by atoms with Crippen LogP contribution < -0.4 is 18.9 Å². The van der Waals surface area contributed by atoms with Gasteiger partial charge in [-0.2, -0.15) is 13.1 Å². The van der Waals surface area contributed by atoms with E-state index in [0.29, 0.717) is 0 Å². The summed E-state index contributed by atoms with van der Waals surface area (Å²) in [5, 5.41) is 3.97. The Morgan fingerprint density at radius 1 is 1.12 bits per heavy atom. The molecule has 0 unspecified atom stereocenters. The SMILES string of the molecule is C#C.CC[N-]CC.[Li+]. The molecule has 0 fully saturated rings. The smallest absolute Gasteiger partial charge is 0.663 e. The second-order valence-corrected chi connectivity index (χ2v) is 0.856. The molecule has 0 radical (unpaired) electrons. The van der Waals surface area contributed by atoms with Crippen LogP contribution in [0.3, 0.4) is 0 Å². The van der Waals surface area contributed by atoms with Gasteiger partial charge in [-0.05, 0) is 0 Å². The first-order valence-corrected chi connectivity index (χ1v) is 2.38. The molecule has 1 nitrogen and oxygen atoms in total. The topological polar surface area (TPSA) is 14.1 Å². The first-order valence-electron chi connectivity index (χ1n) is 2.38. The van der Waals surface area contributed by atoms with Crippen LogP contribution in [-0.2, 0) is 0 Å². The molecule has 0 aliphatic heterocycles. The number of hydrogen-bond acceptors (Lipinski definition) is 0. The van der Waals surface area contributed by atoms with E-state index in [4.69, 9.17) is 0 Å². The van der Waals surface area contributed by atoms with Crippen molar-refractivity contribution in [2.24, 2.45) is 0 Å². The van der Waals surface area contributed by atoms with Gasteiger partial charge in [-0.15, -0.1) is 12.8 Å². The normalized spacial score (nSPS) is 5.50. The molecular weight excluding hydrogens is 93.0 g/mol. The van der Waals surface area contributed by atoms with Crippen LogP contribution in [0.15, 0.2) is 0 Å². The quantitative estimate of drug-likeness (QED) is 0.304. The van der Waals surface area contributed by atoms with Crippen molar-refractivity contribution in [3.8, 4) is 12.8 Å². The van der Waals surface area contributed by atoms with Gasteiger partial charge in [0.1, 0.15) is 0 Å². The predicted octanol–water partition coefficient (Wildman–Crippen LogP) is -1.35. The average Bonchev–Trinajstić information content (AvgIpc) is 1.75. The maximum atomic E-state index is 4.00. The van der Waals surface area contributed by atoms with Gasteiger partial charge < -0.3 is 5.32 Å². The summed E-state index contributed by atoms with van der Waals surface area (Å²) in [5.41, 5.74) is 0. The minimum Gasteiger partial charge on any atom is -0.663 e. The van der Waals surface area contributed by atoms with E-state index in [-0.39, 0.29) is 18.9 Å². The Hall–Kier alpha value is 0.117. The molecule has 0 aliphatic carbocycles. The van der Waals surface area contributed by atoms with Crippen LogP contribution >= 0.6 is 0 Å². The Morgan fingerprint density at radius 2 is 1.38 bits per heavy atom. The Kier molecular flexibility index (Phi) is 53.8. The molecule has 0 atom stereocenters. The Balaban J connectivity index is -0.0000000750. The first kappa shape index (κ1) is 15.7. The zero-order valence-corrected chi connectivity index (χ0v) is 6.02. The predicted molar refractivity (Wildman–Crippen MR) is 34.3 cm³/mol. The molecular formula is C6H12LiN. The van der Waals surface area contributed by atoms with E-state index in [1.54, 1.807) is 0 Å². The monoisotopic (exact) mass is 105 g/mol. The van der Waals surface area contributed by atoms with Gasteiger partial charge in [0.2, 0.25) is 0 Å². The fourth-order valence-corrected chi connectivity index (χ4v) is 0.224. The summed E-state index contributed by atoms with van der Waals surface area (Å²) in [6.07, 6.45) is 8.00. The van der Waals surface area contributed by atoms with Gasteiger partial charge in [0.25, 0.3) is 0 Å². The van der Waals surface area contributed by atoms with Gasteiger partial charge in [-0.1, -0.05) is 13.8 Å². The van der Waals surface area contributed by atoms with Crippen LogP contribution in [0, 0.1) is 12.8 Å². The van der Waals surface area contributed by atoms with Gasteiger partial charge in [0, 0.05) is 0 Å². The van der Waals surface area contributed by atoms with Crippen molar-refractivity contribution in [1.82, 2.24) is 0 Å². The molecule has 0 saturated carbocycles. The van der Waals surface area contributed by atoms with Gasteiger partial charge in [-0.25, -0.2) is 0 Å². The summed E-state index contributed by atoms with van der Waals surface area (Å²) in [6.45, 7) is 6.03. The minimum atomic E-state index is 0. The van der Waals surface area contributed by atoms with Crippen LogP contribution in [-0.4, -0.2) is 13.1 Å². The molecule has 42 valence electrons. The maximum Gasteiger partial charge on any atom is 1.00 e. The number of hydrogen-bond donors (Lipinski definition) is 0. The van der Waals surface area contributed by atoms with Crippen LogP contribution in [0.5, 0.6) is 0 Å². The van der Waals surface area contributed by atoms with E-state index in [0.717, 1.165) is 13.1 Å². The molecule has 0 amide bonds. The summed E-state index contributed by atoms with van der Waals surface area (Å²) in [5.74, 6) is 0. The fraction of sp³-hybridized carbons (Fsp3) is 0.667. The summed E-state index contributed by atoms with van der Waals surface area (Å²) in [4.78, 5) is 0. The van der Waals surface area contributed by atoms with E-state index in [2.05, 4.69) is 18.2 Å². The van der Waals surface area contributed by atoms with Gasteiger partial charge in [0.15, 0.2) is 0 Å². The van der Waals surface area contributed by atoms with E-state index in [1.165, 1.54) is 0 Å². The standard InChI is InChI=1S/C4H10N.C2H2.Li/c1-3-5-4-2;1-2;/h3-4H2,1-2H3;1-2H;/q-1;;+1. The van der Waals surface area contributed by atoms with Crippen LogP contribution in [0.2, 0.25) is 0 Å². The minimum absolute atomic E-state index is 0. The summed E-state index contributed by atoms with van der Waals surface area (Å²) in [6, 6.07) is 0. The summed E-state index contributed by atoms with van der Waals surface area (Å²) in [7, 11) is 0. The number of terminal acetylenes is 1. The summed E-state index contributed by atoms with van der Waals surface area (Å²) >= 11 is 0. The Morgan fingerprint density at radius 3 is 1.38 bits per heavy atom.